The van der Waals surface area contributed by atoms with Crippen molar-refractivity contribution in [1.29, 1.82) is 0 Å². The summed E-state index contributed by atoms with van der Waals surface area (Å²) in [6.07, 6.45) is 5.07. The Morgan fingerprint density at radius 2 is 1.85 bits per heavy atom. The summed E-state index contributed by atoms with van der Waals surface area (Å²) in [5.41, 5.74) is 1.64. The van der Waals surface area contributed by atoms with E-state index in [1.165, 1.54) is 18.4 Å². The Hall–Kier alpha value is -1.02. The van der Waals surface area contributed by atoms with Gasteiger partial charge in [-0.3, -0.25) is 0 Å². The lowest BCUT2D eigenvalue weighted by atomic mass is 9.82. The van der Waals surface area contributed by atoms with Gasteiger partial charge in [-0.05, 0) is 55.3 Å². The van der Waals surface area contributed by atoms with Gasteiger partial charge >= 0.3 is 0 Å². The van der Waals surface area contributed by atoms with Crippen LogP contribution >= 0.6 is 0 Å². The summed E-state index contributed by atoms with van der Waals surface area (Å²) in [6.45, 7) is 10.0. The van der Waals surface area contributed by atoms with Crippen molar-refractivity contribution in [3.63, 3.8) is 0 Å². The van der Waals surface area contributed by atoms with Crippen molar-refractivity contribution in [1.82, 2.24) is 5.32 Å². The minimum atomic E-state index is 0.252. The van der Waals surface area contributed by atoms with Gasteiger partial charge in [0.05, 0.1) is 0 Å². The number of nitrogens with one attached hydrogen (secondary N) is 1. The quantitative estimate of drug-likeness (QED) is 0.836. The molecule has 2 atom stereocenters. The number of ether oxygens (including phenoxy) is 1. The molecule has 1 aliphatic carbocycles. The highest BCUT2D eigenvalue weighted by molar-refractivity contribution is 5.31. The number of hydrogen-bond donors (Lipinski definition) is 1. The molecule has 2 heteroatoms. The van der Waals surface area contributed by atoms with Gasteiger partial charge in [0.1, 0.15) is 11.9 Å². The molecule has 0 heterocycles. The number of benzene rings is 1. The Morgan fingerprint density at radius 1 is 1.15 bits per heavy atom. The van der Waals surface area contributed by atoms with Crippen molar-refractivity contribution in [2.45, 2.75) is 70.9 Å². The molecule has 1 aliphatic rings. The summed E-state index contributed by atoms with van der Waals surface area (Å²) >= 11 is 0. The molecule has 1 saturated carbocycles. The summed E-state index contributed by atoms with van der Waals surface area (Å²) in [5.74, 6) is 1.02. The van der Waals surface area contributed by atoms with Crippen molar-refractivity contribution in [2.24, 2.45) is 0 Å². The topological polar surface area (TPSA) is 21.3 Å². The largest absolute Gasteiger partial charge is 0.490 e. The maximum absolute atomic E-state index is 6.11. The first kappa shape index (κ1) is 15.4. The molecule has 2 nitrogen and oxygen atoms in total. The van der Waals surface area contributed by atoms with E-state index in [4.69, 9.17) is 4.74 Å². The second-order valence-corrected chi connectivity index (χ2v) is 6.57. The predicted octanol–water partition coefficient (Wildman–Crippen LogP) is 4.28. The van der Waals surface area contributed by atoms with Crippen molar-refractivity contribution in [3.8, 4) is 5.75 Å². The van der Waals surface area contributed by atoms with E-state index >= 15 is 0 Å². The second kappa shape index (κ2) is 6.62. The number of hydrogen-bond acceptors (Lipinski definition) is 2. The second-order valence-electron chi connectivity index (χ2n) is 6.57. The van der Waals surface area contributed by atoms with Gasteiger partial charge in [0.25, 0.3) is 0 Å². The average molecular weight is 275 g/mol. The van der Waals surface area contributed by atoms with Crippen molar-refractivity contribution in [2.75, 3.05) is 6.54 Å². The smallest absolute Gasteiger partial charge is 0.119 e. The molecule has 1 fully saturated rings. The molecular weight excluding hydrogens is 246 g/mol. The van der Waals surface area contributed by atoms with Crippen LogP contribution in [0.2, 0.25) is 0 Å². The standard InChI is InChI=1S/C18H29NO/c1-5-18(3,4)14-7-10-16(11-8-14)20-17-12-9-15(13-17)19-6-2/h7-8,10-11,15,17,19H,5-6,9,12-13H2,1-4H3. The zero-order valence-electron chi connectivity index (χ0n) is 13.4. The van der Waals surface area contributed by atoms with Gasteiger partial charge in [0, 0.05) is 6.04 Å². The highest BCUT2D eigenvalue weighted by Gasteiger charge is 2.25. The fourth-order valence-corrected chi connectivity index (χ4v) is 2.90. The highest BCUT2D eigenvalue weighted by atomic mass is 16.5. The SMILES string of the molecule is CCNC1CCC(Oc2ccc(C(C)(C)CC)cc2)C1. The Kier molecular flexibility index (Phi) is 5.09. The summed E-state index contributed by atoms with van der Waals surface area (Å²) in [7, 11) is 0. The third-order valence-electron chi connectivity index (χ3n) is 4.70. The normalized spacial score (nSPS) is 23.0. The van der Waals surface area contributed by atoms with E-state index in [0.717, 1.165) is 25.1 Å². The van der Waals surface area contributed by atoms with E-state index in [1.54, 1.807) is 0 Å². The van der Waals surface area contributed by atoms with Gasteiger partial charge in [0.15, 0.2) is 0 Å². The molecule has 0 spiro atoms. The molecule has 0 amide bonds. The van der Waals surface area contributed by atoms with Crippen LogP contribution in [0.25, 0.3) is 0 Å². The molecule has 0 bridgehead atoms. The Morgan fingerprint density at radius 3 is 2.45 bits per heavy atom. The molecule has 2 unspecified atom stereocenters. The lowest BCUT2D eigenvalue weighted by molar-refractivity contribution is 0.206. The summed E-state index contributed by atoms with van der Waals surface area (Å²) in [6, 6.07) is 9.34. The van der Waals surface area contributed by atoms with Gasteiger partial charge in [-0.15, -0.1) is 0 Å². The molecule has 0 aliphatic heterocycles. The summed E-state index contributed by atoms with van der Waals surface area (Å²) in [5, 5.41) is 3.52. The molecule has 1 aromatic rings. The van der Waals surface area contributed by atoms with Crippen LogP contribution in [0.15, 0.2) is 24.3 Å². The Labute approximate surface area is 123 Å². The minimum Gasteiger partial charge on any atom is -0.490 e. The third-order valence-corrected chi connectivity index (χ3v) is 4.70. The molecule has 0 radical (unpaired) electrons. The Balaban J connectivity index is 1.92. The van der Waals surface area contributed by atoms with Crippen LogP contribution in [-0.2, 0) is 5.41 Å². The summed E-state index contributed by atoms with van der Waals surface area (Å²) in [4.78, 5) is 0. The van der Waals surface area contributed by atoms with Crippen LogP contribution in [0, 0.1) is 0 Å². The van der Waals surface area contributed by atoms with E-state index in [2.05, 4.69) is 57.3 Å². The van der Waals surface area contributed by atoms with Crippen molar-refractivity contribution in [3.05, 3.63) is 29.8 Å². The first-order valence-corrected chi connectivity index (χ1v) is 8.05. The van der Waals surface area contributed by atoms with E-state index in [1.807, 2.05) is 0 Å². The zero-order valence-corrected chi connectivity index (χ0v) is 13.4. The first-order valence-electron chi connectivity index (χ1n) is 8.05. The molecule has 0 saturated heterocycles. The lowest BCUT2D eigenvalue weighted by Gasteiger charge is -2.23. The van der Waals surface area contributed by atoms with Crippen LogP contribution < -0.4 is 10.1 Å². The highest BCUT2D eigenvalue weighted by Crippen LogP contribution is 2.29. The van der Waals surface area contributed by atoms with Crippen LogP contribution in [0.4, 0.5) is 0 Å². The summed E-state index contributed by atoms with van der Waals surface area (Å²) < 4.78 is 6.11. The van der Waals surface area contributed by atoms with E-state index in [-0.39, 0.29) is 5.41 Å². The first-order chi connectivity index (χ1) is 9.55. The molecular formula is C18H29NO. The fraction of sp³-hybridized carbons (Fsp3) is 0.667. The lowest BCUT2D eigenvalue weighted by Crippen LogP contribution is -2.27. The van der Waals surface area contributed by atoms with Gasteiger partial charge < -0.3 is 10.1 Å². The monoisotopic (exact) mass is 275 g/mol. The van der Waals surface area contributed by atoms with E-state index in [0.29, 0.717) is 12.1 Å². The third kappa shape index (κ3) is 3.76. The molecule has 1 N–H and O–H groups in total. The fourth-order valence-electron chi connectivity index (χ4n) is 2.90. The van der Waals surface area contributed by atoms with Crippen molar-refractivity contribution < 1.29 is 4.74 Å². The van der Waals surface area contributed by atoms with Crippen molar-refractivity contribution >= 4 is 0 Å². The minimum absolute atomic E-state index is 0.252. The predicted molar refractivity (Wildman–Crippen MR) is 85.5 cm³/mol. The van der Waals surface area contributed by atoms with Crippen LogP contribution in [0.3, 0.4) is 0 Å². The average Bonchev–Trinajstić information content (AvgIpc) is 2.87. The van der Waals surface area contributed by atoms with Crippen LogP contribution in [0.5, 0.6) is 5.75 Å². The zero-order chi connectivity index (χ0) is 14.6. The molecule has 1 aromatic carbocycles. The molecule has 2 rings (SSSR count). The maximum atomic E-state index is 6.11. The molecule has 0 aromatic heterocycles. The molecule has 20 heavy (non-hydrogen) atoms. The maximum Gasteiger partial charge on any atom is 0.119 e. The van der Waals surface area contributed by atoms with E-state index in [9.17, 15) is 0 Å². The molecule has 112 valence electrons. The number of rotatable bonds is 6. The van der Waals surface area contributed by atoms with Gasteiger partial charge in [0.2, 0.25) is 0 Å². The van der Waals surface area contributed by atoms with Gasteiger partial charge in [-0.1, -0.05) is 39.8 Å². The van der Waals surface area contributed by atoms with Crippen LogP contribution in [-0.4, -0.2) is 18.7 Å². The Bertz CT molecular complexity index is 410. The van der Waals surface area contributed by atoms with E-state index < -0.39 is 0 Å². The van der Waals surface area contributed by atoms with Gasteiger partial charge in [-0.25, -0.2) is 0 Å². The van der Waals surface area contributed by atoms with Gasteiger partial charge in [-0.2, -0.15) is 0 Å². The van der Waals surface area contributed by atoms with Crippen LogP contribution in [0.1, 0.15) is 58.9 Å².